The lowest BCUT2D eigenvalue weighted by molar-refractivity contribution is -0.129. The fraction of sp³-hybridized carbons (Fsp3) is 0.200. The number of hydrogen-bond acceptors (Lipinski definition) is 3. The number of para-hydroxylation sites is 2. The summed E-state index contributed by atoms with van der Waals surface area (Å²) in [4.78, 5) is 26.2. The van der Waals surface area contributed by atoms with Crippen molar-refractivity contribution in [3.05, 3.63) is 65.9 Å². The quantitative estimate of drug-likeness (QED) is 0.928. The van der Waals surface area contributed by atoms with Gasteiger partial charge in [-0.2, -0.15) is 0 Å². The van der Waals surface area contributed by atoms with Crippen LogP contribution in [0.15, 0.2) is 54.7 Å². The monoisotopic (exact) mass is 336 g/mol. The third-order valence-electron chi connectivity index (χ3n) is 4.23. The smallest absolute Gasteiger partial charge is 0.226 e. The van der Waals surface area contributed by atoms with Gasteiger partial charge in [-0.05, 0) is 29.3 Å². The highest BCUT2D eigenvalue weighted by Crippen LogP contribution is 2.33. The summed E-state index contributed by atoms with van der Waals surface area (Å²) in [6.45, 7) is 1.50. The molecule has 1 N–H and O–H groups in total. The highest BCUT2D eigenvalue weighted by Gasteiger charge is 2.28. The van der Waals surface area contributed by atoms with Crippen molar-refractivity contribution < 1.29 is 14.3 Å². The average Bonchev–Trinajstić information content (AvgIpc) is 2.62. The molecule has 0 unspecified atom stereocenters. The molecule has 0 spiro atoms. The number of methoxy groups -OCH3 is 1. The van der Waals surface area contributed by atoms with Gasteiger partial charge < -0.3 is 15.0 Å². The van der Waals surface area contributed by atoms with Crippen molar-refractivity contribution in [1.82, 2.24) is 4.90 Å². The van der Waals surface area contributed by atoms with Crippen LogP contribution in [-0.4, -0.2) is 23.8 Å². The molecule has 25 heavy (non-hydrogen) atoms. The standard InChI is InChI=1S/C20H20N2O3/c1-14(23)22-12-11-15-7-3-4-8-16(15)18(22)13-20(24)21-17-9-5-6-10-19(17)25-2/h3-12,18H,13H2,1-2H3,(H,21,24)/t18-/m1/s1. The molecule has 0 radical (unpaired) electrons. The largest absolute Gasteiger partial charge is 0.495 e. The van der Waals surface area contributed by atoms with Crippen LogP contribution in [0.1, 0.15) is 30.5 Å². The Bertz CT molecular complexity index is 829. The summed E-state index contributed by atoms with van der Waals surface area (Å²) in [6.07, 6.45) is 3.80. The van der Waals surface area contributed by atoms with E-state index in [1.54, 1.807) is 30.3 Å². The molecule has 5 heteroatoms. The second-order valence-electron chi connectivity index (χ2n) is 5.84. The Balaban J connectivity index is 1.83. The van der Waals surface area contributed by atoms with Gasteiger partial charge in [0.2, 0.25) is 11.8 Å². The van der Waals surface area contributed by atoms with E-state index < -0.39 is 0 Å². The van der Waals surface area contributed by atoms with E-state index in [1.807, 2.05) is 42.5 Å². The third kappa shape index (κ3) is 3.55. The second kappa shape index (κ2) is 7.21. The van der Waals surface area contributed by atoms with Crippen molar-refractivity contribution >= 4 is 23.6 Å². The third-order valence-corrected chi connectivity index (χ3v) is 4.23. The number of carbonyl (C=O) groups is 2. The van der Waals surface area contributed by atoms with Gasteiger partial charge >= 0.3 is 0 Å². The first kappa shape index (κ1) is 16.8. The zero-order valence-electron chi connectivity index (χ0n) is 14.2. The molecular formula is C20H20N2O3. The van der Waals surface area contributed by atoms with Gasteiger partial charge in [-0.1, -0.05) is 36.4 Å². The molecule has 3 rings (SSSR count). The number of nitrogens with zero attached hydrogens (tertiary/aromatic N) is 1. The van der Waals surface area contributed by atoms with Gasteiger partial charge in [0.1, 0.15) is 5.75 Å². The van der Waals surface area contributed by atoms with Gasteiger partial charge in [-0.15, -0.1) is 0 Å². The van der Waals surface area contributed by atoms with Crippen molar-refractivity contribution in [2.45, 2.75) is 19.4 Å². The van der Waals surface area contributed by atoms with Gasteiger partial charge in [0.25, 0.3) is 0 Å². The number of anilines is 1. The van der Waals surface area contributed by atoms with E-state index >= 15 is 0 Å². The van der Waals surface area contributed by atoms with E-state index in [-0.39, 0.29) is 24.3 Å². The first-order valence-electron chi connectivity index (χ1n) is 8.09. The number of benzene rings is 2. The van der Waals surface area contributed by atoms with E-state index in [0.717, 1.165) is 11.1 Å². The normalized spacial score (nSPS) is 15.4. The molecule has 1 heterocycles. The van der Waals surface area contributed by atoms with Crippen molar-refractivity contribution in [2.75, 3.05) is 12.4 Å². The van der Waals surface area contributed by atoms with E-state index in [0.29, 0.717) is 11.4 Å². The number of amides is 2. The molecule has 0 saturated heterocycles. The summed E-state index contributed by atoms with van der Waals surface area (Å²) >= 11 is 0. The summed E-state index contributed by atoms with van der Waals surface area (Å²) < 4.78 is 5.26. The Labute approximate surface area is 146 Å². The van der Waals surface area contributed by atoms with Crippen molar-refractivity contribution in [3.63, 3.8) is 0 Å². The van der Waals surface area contributed by atoms with Crippen LogP contribution in [0.2, 0.25) is 0 Å². The Kier molecular flexibility index (Phi) is 4.84. The number of hydrogen-bond donors (Lipinski definition) is 1. The summed E-state index contributed by atoms with van der Waals surface area (Å²) in [5.74, 6) is 0.329. The van der Waals surface area contributed by atoms with Crippen LogP contribution < -0.4 is 10.1 Å². The lowest BCUT2D eigenvalue weighted by Gasteiger charge is -2.32. The molecule has 2 aromatic rings. The van der Waals surface area contributed by atoms with Crippen molar-refractivity contribution in [3.8, 4) is 5.75 Å². The maximum atomic E-state index is 12.6. The first-order valence-corrected chi connectivity index (χ1v) is 8.09. The topological polar surface area (TPSA) is 58.6 Å². The van der Waals surface area contributed by atoms with Gasteiger partial charge in [0.15, 0.2) is 0 Å². The minimum absolute atomic E-state index is 0.0964. The number of fused-ring (bicyclic) bond motifs is 1. The summed E-state index contributed by atoms with van der Waals surface area (Å²) in [5, 5.41) is 2.87. The Morgan fingerprint density at radius 2 is 1.84 bits per heavy atom. The van der Waals surface area contributed by atoms with Crippen LogP contribution in [0, 0.1) is 0 Å². The molecule has 0 saturated carbocycles. The van der Waals surface area contributed by atoms with E-state index in [1.165, 1.54) is 6.92 Å². The highest BCUT2D eigenvalue weighted by atomic mass is 16.5. The number of rotatable bonds is 4. The van der Waals surface area contributed by atoms with Crippen LogP contribution in [0.25, 0.3) is 6.08 Å². The molecule has 0 bridgehead atoms. The van der Waals surface area contributed by atoms with Gasteiger partial charge in [0, 0.05) is 13.1 Å². The van der Waals surface area contributed by atoms with Crippen LogP contribution in [-0.2, 0) is 9.59 Å². The zero-order valence-corrected chi connectivity index (χ0v) is 14.2. The van der Waals surface area contributed by atoms with Crippen LogP contribution in [0.4, 0.5) is 5.69 Å². The first-order chi connectivity index (χ1) is 12.1. The molecule has 0 aliphatic carbocycles. The van der Waals surface area contributed by atoms with Gasteiger partial charge in [-0.3, -0.25) is 9.59 Å². The Morgan fingerprint density at radius 3 is 2.60 bits per heavy atom. The minimum Gasteiger partial charge on any atom is -0.495 e. The molecule has 1 aliphatic rings. The molecule has 1 atom stereocenters. The molecule has 5 nitrogen and oxygen atoms in total. The molecule has 128 valence electrons. The number of ether oxygens (including phenoxy) is 1. The molecule has 0 aromatic heterocycles. The SMILES string of the molecule is COc1ccccc1NC(=O)C[C@@H]1c2ccccc2C=CN1C(C)=O. The fourth-order valence-electron chi connectivity index (χ4n) is 3.04. The van der Waals surface area contributed by atoms with Crippen LogP contribution in [0.5, 0.6) is 5.75 Å². The Hall–Kier alpha value is -3.08. The lowest BCUT2D eigenvalue weighted by Crippen LogP contribution is -2.33. The highest BCUT2D eigenvalue weighted by molar-refractivity contribution is 5.93. The van der Waals surface area contributed by atoms with Crippen molar-refractivity contribution in [2.24, 2.45) is 0 Å². The number of carbonyl (C=O) groups excluding carboxylic acids is 2. The molecule has 1 aliphatic heterocycles. The Morgan fingerprint density at radius 1 is 1.12 bits per heavy atom. The molecular weight excluding hydrogens is 316 g/mol. The van der Waals surface area contributed by atoms with Crippen molar-refractivity contribution in [1.29, 1.82) is 0 Å². The molecule has 2 amide bonds. The van der Waals surface area contributed by atoms with E-state index in [4.69, 9.17) is 4.74 Å². The summed E-state index contributed by atoms with van der Waals surface area (Å²) in [6, 6.07) is 14.7. The summed E-state index contributed by atoms with van der Waals surface area (Å²) in [7, 11) is 1.56. The van der Waals surface area contributed by atoms with Crippen LogP contribution >= 0.6 is 0 Å². The second-order valence-corrected chi connectivity index (χ2v) is 5.84. The maximum Gasteiger partial charge on any atom is 0.226 e. The van der Waals surface area contributed by atoms with Crippen LogP contribution in [0.3, 0.4) is 0 Å². The summed E-state index contributed by atoms with van der Waals surface area (Å²) in [5.41, 5.74) is 2.61. The lowest BCUT2D eigenvalue weighted by atomic mass is 9.93. The maximum absolute atomic E-state index is 12.6. The van der Waals surface area contributed by atoms with Gasteiger partial charge in [0.05, 0.1) is 25.3 Å². The van der Waals surface area contributed by atoms with E-state index in [2.05, 4.69) is 5.32 Å². The predicted molar refractivity (Wildman–Crippen MR) is 97.0 cm³/mol. The van der Waals surface area contributed by atoms with Gasteiger partial charge in [-0.25, -0.2) is 0 Å². The number of nitrogens with one attached hydrogen (secondary N) is 1. The predicted octanol–water partition coefficient (Wildman–Crippen LogP) is 3.60. The fourth-order valence-corrected chi connectivity index (χ4v) is 3.04. The zero-order chi connectivity index (χ0) is 17.8. The minimum atomic E-state index is -0.326. The van der Waals surface area contributed by atoms with E-state index in [9.17, 15) is 9.59 Å². The molecule has 2 aromatic carbocycles. The average molecular weight is 336 g/mol. The molecule has 0 fully saturated rings.